The smallest absolute Gasteiger partial charge is 0.161 e. The van der Waals surface area contributed by atoms with E-state index >= 15 is 0 Å². The number of aromatic nitrogens is 1. The summed E-state index contributed by atoms with van der Waals surface area (Å²) in [7, 11) is 3.11. The van der Waals surface area contributed by atoms with E-state index in [1.165, 1.54) is 0 Å². The fraction of sp³-hybridized carbons (Fsp3) is 0.200. The summed E-state index contributed by atoms with van der Waals surface area (Å²) in [6.07, 6.45) is 2.54. The number of pyridine rings is 1. The molecule has 0 saturated heterocycles. The quantitative estimate of drug-likeness (QED) is 0.790. The highest BCUT2D eigenvalue weighted by atomic mass is 16.5. The highest BCUT2D eigenvalue weighted by Gasteiger charge is 2.12. The molecule has 4 nitrogen and oxygen atoms in total. The first-order valence-corrected chi connectivity index (χ1v) is 5.83. The number of aryl methyl sites for hydroxylation is 1. The third-order valence-corrected chi connectivity index (χ3v) is 2.91. The van der Waals surface area contributed by atoms with Gasteiger partial charge in [-0.3, -0.25) is 9.78 Å². The van der Waals surface area contributed by atoms with Crippen LogP contribution < -0.4 is 9.47 Å². The maximum absolute atomic E-state index is 11.2. The van der Waals surface area contributed by atoms with Gasteiger partial charge in [-0.1, -0.05) is 6.07 Å². The molecule has 0 aliphatic heterocycles. The third-order valence-electron chi connectivity index (χ3n) is 2.91. The molecule has 19 heavy (non-hydrogen) atoms. The van der Waals surface area contributed by atoms with Gasteiger partial charge in [0.25, 0.3) is 0 Å². The summed E-state index contributed by atoms with van der Waals surface area (Å²) >= 11 is 0. The van der Waals surface area contributed by atoms with Crippen molar-refractivity contribution in [3.8, 4) is 22.6 Å². The summed E-state index contributed by atoms with van der Waals surface area (Å²) < 4.78 is 10.4. The van der Waals surface area contributed by atoms with Crippen LogP contribution in [0.3, 0.4) is 0 Å². The molecule has 2 rings (SSSR count). The molecule has 0 N–H and O–H groups in total. The van der Waals surface area contributed by atoms with Gasteiger partial charge < -0.3 is 9.47 Å². The van der Waals surface area contributed by atoms with Crippen molar-refractivity contribution in [1.82, 2.24) is 4.98 Å². The van der Waals surface area contributed by atoms with Gasteiger partial charge in [0, 0.05) is 23.0 Å². The first-order chi connectivity index (χ1) is 9.19. The Morgan fingerprint density at radius 3 is 2.32 bits per heavy atom. The average molecular weight is 257 g/mol. The lowest BCUT2D eigenvalue weighted by atomic mass is 10.0. The van der Waals surface area contributed by atoms with E-state index in [1.54, 1.807) is 32.5 Å². The molecule has 1 aromatic carbocycles. The second kappa shape index (κ2) is 5.52. The largest absolute Gasteiger partial charge is 0.493 e. The predicted molar refractivity (Wildman–Crippen MR) is 72.9 cm³/mol. The van der Waals surface area contributed by atoms with Gasteiger partial charge in [-0.05, 0) is 30.7 Å². The average Bonchev–Trinajstić information content (AvgIpc) is 2.46. The summed E-state index contributed by atoms with van der Waals surface area (Å²) in [5, 5.41) is 0. The van der Waals surface area contributed by atoms with E-state index in [1.807, 2.05) is 19.1 Å². The minimum Gasteiger partial charge on any atom is -0.493 e. The Kier molecular flexibility index (Phi) is 3.80. The number of ether oxygens (including phenoxy) is 2. The Morgan fingerprint density at radius 1 is 1.11 bits per heavy atom. The van der Waals surface area contributed by atoms with Gasteiger partial charge in [0.1, 0.15) is 0 Å². The summed E-state index contributed by atoms with van der Waals surface area (Å²) in [5.74, 6) is 1.12. The van der Waals surface area contributed by atoms with Crippen LogP contribution in [0.2, 0.25) is 0 Å². The Morgan fingerprint density at radius 2 is 1.79 bits per heavy atom. The molecule has 0 unspecified atom stereocenters. The topological polar surface area (TPSA) is 48.4 Å². The fourth-order valence-corrected chi connectivity index (χ4v) is 1.87. The van der Waals surface area contributed by atoms with Crippen molar-refractivity contribution in [1.29, 1.82) is 0 Å². The van der Waals surface area contributed by atoms with E-state index in [4.69, 9.17) is 9.47 Å². The molecule has 0 amide bonds. The van der Waals surface area contributed by atoms with Gasteiger partial charge in [-0.15, -0.1) is 0 Å². The number of methoxy groups -OCH3 is 2. The molecule has 0 bridgehead atoms. The van der Waals surface area contributed by atoms with Gasteiger partial charge in [-0.25, -0.2) is 0 Å². The molecule has 1 aromatic heterocycles. The highest BCUT2D eigenvalue weighted by molar-refractivity contribution is 5.89. The number of carbonyl (C=O) groups is 1. The number of aldehydes is 1. The zero-order valence-electron chi connectivity index (χ0n) is 11.1. The molecule has 2 aromatic rings. The van der Waals surface area contributed by atoms with E-state index in [0.29, 0.717) is 17.1 Å². The summed E-state index contributed by atoms with van der Waals surface area (Å²) in [6, 6.07) is 7.28. The van der Waals surface area contributed by atoms with E-state index in [-0.39, 0.29) is 0 Å². The normalized spacial score (nSPS) is 10.1. The minimum absolute atomic E-state index is 0.536. The van der Waals surface area contributed by atoms with Crippen LogP contribution >= 0.6 is 0 Å². The van der Waals surface area contributed by atoms with E-state index in [9.17, 15) is 4.79 Å². The van der Waals surface area contributed by atoms with Gasteiger partial charge in [0.05, 0.1) is 14.2 Å². The monoisotopic (exact) mass is 257 g/mol. The molecule has 1 heterocycles. The Bertz CT molecular complexity index is 591. The molecular formula is C15H15NO3. The van der Waals surface area contributed by atoms with Crippen molar-refractivity contribution in [2.75, 3.05) is 14.2 Å². The second-order valence-corrected chi connectivity index (χ2v) is 4.10. The lowest BCUT2D eigenvalue weighted by Crippen LogP contribution is -1.96. The van der Waals surface area contributed by atoms with Crippen molar-refractivity contribution < 1.29 is 14.3 Å². The van der Waals surface area contributed by atoms with Crippen molar-refractivity contribution in [3.63, 3.8) is 0 Å². The Hall–Kier alpha value is -2.36. The number of carbonyl (C=O) groups excluding carboxylic acids is 1. The lowest BCUT2D eigenvalue weighted by Gasteiger charge is -2.12. The fourth-order valence-electron chi connectivity index (χ4n) is 1.87. The molecule has 0 fully saturated rings. The molecule has 0 aliphatic rings. The molecule has 0 saturated carbocycles. The van der Waals surface area contributed by atoms with Crippen LogP contribution in [0.25, 0.3) is 11.1 Å². The van der Waals surface area contributed by atoms with Gasteiger partial charge >= 0.3 is 0 Å². The number of benzene rings is 1. The van der Waals surface area contributed by atoms with Gasteiger partial charge in [0.15, 0.2) is 17.8 Å². The van der Waals surface area contributed by atoms with E-state index < -0.39 is 0 Å². The molecule has 0 atom stereocenters. The molecule has 0 radical (unpaired) electrons. The molecule has 0 aliphatic carbocycles. The molecule has 4 heteroatoms. The summed E-state index contributed by atoms with van der Waals surface area (Å²) in [6.45, 7) is 1.92. The predicted octanol–water partition coefficient (Wildman–Crippen LogP) is 2.89. The van der Waals surface area contributed by atoms with E-state index in [2.05, 4.69) is 4.98 Å². The maximum Gasteiger partial charge on any atom is 0.161 e. The van der Waals surface area contributed by atoms with Crippen molar-refractivity contribution >= 4 is 6.29 Å². The SMILES string of the molecule is COc1cc(C=O)c(-c2ccc(C)nc2)cc1OC. The third kappa shape index (κ3) is 2.57. The van der Waals surface area contributed by atoms with Gasteiger partial charge in [0.2, 0.25) is 0 Å². The zero-order chi connectivity index (χ0) is 13.8. The number of rotatable bonds is 4. The lowest BCUT2D eigenvalue weighted by molar-refractivity contribution is 0.112. The number of nitrogens with zero attached hydrogens (tertiary/aromatic N) is 1. The first kappa shape index (κ1) is 13.1. The van der Waals surface area contributed by atoms with Crippen molar-refractivity contribution in [2.45, 2.75) is 6.92 Å². The standard InChI is InChI=1S/C15H15NO3/c1-10-4-5-11(8-16-10)13-7-15(19-3)14(18-2)6-12(13)9-17/h4-9H,1-3H3. The van der Waals surface area contributed by atoms with Crippen LogP contribution in [0.5, 0.6) is 11.5 Å². The van der Waals surface area contributed by atoms with Gasteiger partial charge in [-0.2, -0.15) is 0 Å². The Labute approximate surface area is 112 Å². The number of hydrogen-bond acceptors (Lipinski definition) is 4. The highest BCUT2D eigenvalue weighted by Crippen LogP contribution is 2.34. The van der Waals surface area contributed by atoms with Crippen LogP contribution in [0, 0.1) is 6.92 Å². The zero-order valence-corrected chi connectivity index (χ0v) is 11.1. The summed E-state index contributed by atoms with van der Waals surface area (Å²) in [4.78, 5) is 15.5. The molecule has 0 spiro atoms. The minimum atomic E-state index is 0.536. The Balaban J connectivity index is 2.61. The van der Waals surface area contributed by atoms with Crippen LogP contribution in [-0.2, 0) is 0 Å². The van der Waals surface area contributed by atoms with Crippen LogP contribution in [-0.4, -0.2) is 25.5 Å². The van der Waals surface area contributed by atoms with E-state index in [0.717, 1.165) is 23.1 Å². The maximum atomic E-state index is 11.2. The van der Waals surface area contributed by atoms with Crippen LogP contribution in [0.1, 0.15) is 16.1 Å². The van der Waals surface area contributed by atoms with Crippen LogP contribution in [0.4, 0.5) is 0 Å². The first-order valence-electron chi connectivity index (χ1n) is 5.83. The van der Waals surface area contributed by atoms with Crippen LogP contribution in [0.15, 0.2) is 30.5 Å². The molecular weight excluding hydrogens is 242 g/mol. The summed E-state index contributed by atoms with van der Waals surface area (Å²) in [5.41, 5.74) is 3.12. The molecule has 98 valence electrons. The van der Waals surface area contributed by atoms with Crippen molar-refractivity contribution in [2.24, 2.45) is 0 Å². The number of hydrogen-bond donors (Lipinski definition) is 0. The second-order valence-electron chi connectivity index (χ2n) is 4.10. The van der Waals surface area contributed by atoms with Crippen molar-refractivity contribution in [3.05, 3.63) is 41.7 Å².